The Kier molecular flexibility index (Phi) is 5.96. The molecule has 0 aromatic heterocycles. The molecule has 7 nitrogen and oxygen atoms in total. The summed E-state index contributed by atoms with van der Waals surface area (Å²) in [5.41, 5.74) is 0. The Labute approximate surface area is 132 Å². The van der Waals surface area contributed by atoms with Gasteiger partial charge in [0.2, 0.25) is 15.9 Å². The Balaban J connectivity index is 1.85. The predicted octanol–water partition coefficient (Wildman–Crippen LogP) is -0.587. The molecule has 0 aliphatic carbocycles. The Morgan fingerprint density at radius 3 is 2.77 bits per heavy atom. The lowest BCUT2D eigenvalue weighted by Gasteiger charge is -2.24. The topological polar surface area (TPSA) is 79.0 Å². The number of nitrogens with zero attached hydrogens (tertiary/aromatic N) is 2. The Bertz CT molecular complexity index is 520. The second-order valence-electron chi connectivity index (χ2n) is 5.79. The molecule has 126 valence electrons. The summed E-state index contributed by atoms with van der Waals surface area (Å²) in [5.74, 6) is -0.238. The molecule has 0 unspecified atom stereocenters. The third-order valence-corrected chi connectivity index (χ3v) is 5.40. The van der Waals surface area contributed by atoms with Gasteiger partial charge in [-0.15, -0.1) is 0 Å². The molecule has 2 aliphatic rings. The monoisotopic (exact) mass is 331 g/mol. The van der Waals surface area contributed by atoms with Crippen molar-refractivity contribution in [3.8, 4) is 0 Å². The van der Waals surface area contributed by atoms with Crippen LogP contribution >= 0.6 is 0 Å². The molecule has 2 heterocycles. The van der Waals surface area contributed by atoms with Crippen molar-refractivity contribution in [2.75, 3.05) is 46.1 Å². The van der Waals surface area contributed by atoms with Gasteiger partial charge >= 0.3 is 0 Å². The summed E-state index contributed by atoms with van der Waals surface area (Å²) in [6.45, 7) is 3.44. The molecule has 0 spiro atoms. The zero-order valence-corrected chi connectivity index (χ0v) is 14.0. The third kappa shape index (κ3) is 4.52. The van der Waals surface area contributed by atoms with Gasteiger partial charge in [-0.1, -0.05) is 12.2 Å². The number of carbonyl (C=O) groups is 1. The van der Waals surface area contributed by atoms with E-state index in [4.69, 9.17) is 4.74 Å². The summed E-state index contributed by atoms with van der Waals surface area (Å²) < 4.78 is 30.1. The normalized spacial score (nSPS) is 27.2. The number of amides is 1. The molecule has 2 rings (SSSR count). The maximum atomic E-state index is 12.3. The Morgan fingerprint density at radius 2 is 2.18 bits per heavy atom. The third-order valence-electron chi connectivity index (χ3n) is 4.15. The number of nitrogens with one attached hydrogen (secondary N) is 1. The van der Waals surface area contributed by atoms with Gasteiger partial charge in [-0.05, 0) is 6.42 Å². The molecule has 1 fully saturated rings. The first-order valence-electron chi connectivity index (χ1n) is 7.56. The molecular weight excluding hydrogens is 306 g/mol. The maximum Gasteiger partial charge on any atom is 0.238 e. The van der Waals surface area contributed by atoms with E-state index < -0.39 is 16.1 Å². The highest BCUT2D eigenvalue weighted by Gasteiger charge is 2.41. The molecule has 1 saturated heterocycles. The number of hydrogen-bond donors (Lipinski definition) is 1. The van der Waals surface area contributed by atoms with E-state index in [9.17, 15) is 13.2 Å². The fraction of sp³-hybridized carbons (Fsp3) is 0.786. The van der Waals surface area contributed by atoms with Crippen LogP contribution in [-0.4, -0.2) is 81.8 Å². The molecule has 1 amide bonds. The van der Waals surface area contributed by atoms with Crippen molar-refractivity contribution in [2.45, 2.75) is 25.0 Å². The fourth-order valence-corrected chi connectivity index (χ4v) is 3.97. The summed E-state index contributed by atoms with van der Waals surface area (Å²) >= 11 is 0. The number of methoxy groups -OCH3 is 1. The molecule has 2 atom stereocenters. The van der Waals surface area contributed by atoms with Crippen LogP contribution in [0.25, 0.3) is 0 Å². The maximum absolute atomic E-state index is 12.3. The van der Waals surface area contributed by atoms with E-state index >= 15 is 0 Å². The minimum absolute atomic E-state index is 0.224. The Morgan fingerprint density at radius 1 is 1.41 bits per heavy atom. The molecule has 0 aromatic carbocycles. The van der Waals surface area contributed by atoms with Crippen LogP contribution in [0.5, 0.6) is 0 Å². The lowest BCUT2D eigenvalue weighted by Crippen LogP contribution is -2.47. The largest absolute Gasteiger partial charge is 0.380 e. The van der Waals surface area contributed by atoms with E-state index in [1.54, 1.807) is 0 Å². The summed E-state index contributed by atoms with van der Waals surface area (Å²) in [7, 11) is -1.88. The van der Waals surface area contributed by atoms with Crippen LogP contribution in [0.15, 0.2) is 12.2 Å². The van der Waals surface area contributed by atoms with E-state index in [1.807, 2.05) is 0 Å². The lowest BCUT2D eigenvalue weighted by molar-refractivity contribution is -0.124. The zero-order valence-electron chi connectivity index (χ0n) is 13.2. The van der Waals surface area contributed by atoms with E-state index in [0.29, 0.717) is 13.0 Å². The van der Waals surface area contributed by atoms with Gasteiger partial charge in [0.25, 0.3) is 0 Å². The van der Waals surface area contributed by atoms with Gasteiger partial charge in [-0.2, -0.15) is 4.31 Å². The summed E-state index contributed by atoms with van der Waals surface area (Å²) in [4.78, 5) is 14.6. The van der Waals surface area contributed by atoms with Crippen LogP contribution in [-0.2, 0) is 19.6 Å². The summed E-state index contributed by atoms with van der Waals surface area (Å²) in [5, 5.41) is 2.85. The zero-order chi connectivity index (χ0) is 16.2. The first-order valence-corrected chi connectivity index (χ1v) is 9.41. The van der Waals surface area contributed by atoms with Gasteiger partial charge in [0, 0.05) is 46.3 Å². The minimum Gasteiger partial charge on any atom is -0.380 e. The standard InChI is InChI=1S/C14H25N3O4S/c1-21-12-10-13(17(11-12)22(2,19)20)14(18)15-6-9-16-7-4-3-5-8-16/h3-4,12-13H,5-11H2,1-2H3,(H,15,18)/t12-,13+/m0/s1. The van der Waals surface area contributed by atoms with Crippen LogP contribution < -0.4 is 5.32 Å². The van der Waals surface area contributed by atoms with Crippen LogP contribution in [0.3, 0.4) is 0 Å². The van der Waals surface area contributed by atoms with Gasteiger partial charge in [0.05, 0.1) is 12.4 Å². The van der Waals surface area contributed by atoms with Crippen LogP contribution in [0.4, 0.5) is 0 Å². The van der Waals surface area contributed by atoms with Gasteiger partial charge in [0.15, 0.2) is 0 Å². The highest BCUT2D eigenvalue weighted by atomic mass is 32.2. The van der Waals surface area contributed by atoms with Gasteiger partial charge in [0.1, 0.15) is 6.04 Å². The molecule has 0 saturated carbocycles. The molecular formula is C14H25N3O4S. The quantitative estimate of drug-likeness (QED) is 0.659. The van der Waals surface area contributed by atoms with E-state index in [0.717, 1.165) is 32.3 Å². The number of hydrogen-bond acceptors (Lipinski definition) is 5. The van der Waals surface area contributed by atoms with Crippen molar-refractivity contribution in [3.05, 3.63) is 12.2 Å². The molecule has 2 aliphatic heterocycles. The van der Waals surface area contributed by atoms with E-state index in [-0.39, 0.29) is 18.6 Å². The second kappa shape index (κ2) is 7.54. The average molecular weight is 331 g/mol. The molecule has 0 bridgehead atoms. The fourth-order valence-electron chi connectivity index (χ4n) is 2.89. The van der Waals surface area contributed by atoms with Crippen LogP contribution in [0.1, 0.15) is 12.8 Å². The molecule has 0 radical (unpaired) electrons. The second-order valence-corrected chi connectivity index (χ2v) is 7.73. The predicted molar refractivity (Wildman–Crippen MR) is 84.0 cm³/mol. The van der Waals surface area contributed by atoms with Crippen molar-refractivity contribution in [3.63, 3.8) is 0 Å². The number of carbonyl (C=O) groups excluding carboxylic acids is 1. The minimum atomic E-state index is -3.41. The van der Waals surface area contributed by atoms with E-state index in [2.05, 4.69) is 22.4 Å². The molecule has 1 N–H and O–H groups in total. The highest BCUT2D eigenvalue weighted by Crippen LogP contribution is 2.22. The van der Waals surface area contributed by atoms with E-state index in [1.165, 1.54) is 11.4 Å². The van der Waals surface area contributed by atoms with Gasteiger partial charge in [-0.3, -0.25) is 9.69 Å². The van der Waals surface area contributed by atoms with Crippen molar-refractivity contribution in [1.29, 1.82) is 0 Å². The van der Waals surface area contributed by atoms with Crippen molar-refractivity contribution < 1.29 is 17.9 Å². The van der Waals surface area contributed by atoms with Gasteiger partial charge < -0.3 is 10.1 Å². The smallest absolute Gasteiger partial charge is 0.238 e. The van der Waals surface area contributed by atoms with Crippen LogP contribution in [0.2, 0.25) is 0 Å². The highest BCUT2D eigenvalue weighted by molar-refractivity contribution is 7.88. The average Bonchev–Trinajstić information content (AvgIpc) is 2.93. The number of ether oxygens (including phenoxy) is 1. The molecule has 8 heteroatoms. The number of sulfonamides is 1. The SMILES string of the molecule is CO[C@H]1C[C@H](C(=O)NCCN2CC=CCC2)N(S(C)(=O)=O)C1. The molecule has 0 aromatic rings. The van der Waals surface area contributed by atoms with Crippen molar-refractivity contribution >= 4 is 15.9 Å². The first-order chi connectivity index (χ1) is 10.4. The van der Waals surface area contributed by atoms with Crippen molar-refractivity contribution in [1.82, 2.24) is 14.5 Å². The summed E-state index contributed by atoms with van der Waals surface area (Å²) in [6, 6.07) is -0.666. The lowest BCUT2D eigenvalue weighted by atomic mass is 10.2. The first kappa shape index (κ1) is 17.4. The van der Waals surface area contributed by atoms with Crippen molar-refractivity contribution in [2.24, 2.45) is 0 Å². The van der Waals surface area contributed by atoms with Crippen LogP contribution in [0, 0.1) is 0 Å². The summed E-state index contributed by atoms with van der Waals surface area (Å²) in [6.07, 6.45) is 6.62. The van der Waals surface area contributed by atoms with Gasteiger partial charge in [-0.25, -0.2) is 8.42 Å². The number of rotatable bonds is 6. The Hall–Kier alpha value is -0.960. The molecule has 22 heavy (non-hydrogen) atoms.